The lowest BCUT2D eigenvalue weighted by molar-refractivity contribution is -0.116. The molecular formula is C22H24N2O5P. The molecule has 1 saturated heterocycles. The van der Waals surface area contributed by atoms with Crippen LogP contribution >= 0.6 is 7.94 Å². The predicted octanol–water partition coefficient (Wildman–Crippen LogP) is 4.60. The fourth-order valence-corrected chi connectivity index (χ4v) is 5.02. The van der Waals surface area contributed by atoms with Gasteiger partial charge in [0.25, 0.3) is 0 Å². The number of carbonyl (C=O) groups is 1. The van der Waals surface area contributed by atoms with E-state index in [0.717, 1.165) is 23.1 Å². The summed E-state index contributed by atoms with van der Waals surface area (Å²) in [6.07, 6.45) is 3.65. The van der Waals surface area contributed by atoms with Crippen LogP contribution in [0.3, 0.4) is 0 Å². The fourth-order valence-electron chi connectivity index (χ4n) is 3.26. The Hall–Kier alpha value is -2.57. The van der Waals surface area contributed by atoms with E-state index < -0.39 is 7.94 Å². The highest BCUT2D eigenvalue weighted by molar-refractivity contribution is 7.59. The number of aromatic nitrogens is 1. The van der Waals surface area contributed by atoms with E-state index in [-0.39, 0.29) is 5.91 Å². The molecule has 0 saturated carbocycles. The van der Waals surface area contributed by atoms with Crippen molar-refractivity contribution >= 4 is 19.5 Å². The van der Waals surface area contributed by atoms with Crippen molar-refractivity contribution in [3.63, 3.8) is 0 Å². The molecule has 0 aliphatic carbocycles. The van der Waals surface area contributed by atoms with Crippen LogP contribution in [-0.4, -0.2) is 29.2 Å². The summed E-state index contributed by atoms with van der Waals surface area (Å²) >= 11 is 0. The van der Waals surface area contributed by atoms with Gasteiger partial charge in [0.2, 0.25) is 13.9 Å². The second kappa shape index (κ2) is 9.49. The van der Waals surface area contributed by atoms with Crippen LogP contribution in [0.5, 0.6) is 0 Å². The standard InChI is InChI=1S/C22H24N2O5P/c25-21(12-9-19-15-23-29-22(19)18-5-2-1-3-6-18)24-20-10-7-17(8-11-20)16-30(26)27-13-4-14-28-30/h1-3,5-8,10-11,15,26H,4,9,12-14,16H2,(H,24,25). The van der Waals surface area contributed by atoms with Crippen LogP contribution in [0.25, 0.3) is 11.3 Å². The van der Waals surface area contributed by atoms with Crippen molar-refractivity contribution in [2.45, 2.75) is 25.4 Å². The lowest BCUT2D eigenvalue weighted by atomic mass is 10.1. The van der Waals surface area contributed by atoms with Crippen LogP contribution in [0.2, 0.25) is 0 Å². The van der Waals surface area contributed by atoms with Gasteiger partial charge in [-0.05, 0) is 30.5 Å². The van der Waals surface area contributed by atoms with E-state index in [0.29, 0.717) is 43.7 Å². The summed E-state index contributed by atoms with van der Waals surface area (Å²) in [5.74, 6) is 0.606. The van der Waals surface area contributed by atoms with Gasteiger partial charge in [-0.1, -0.05) is 47.6 Å². The Morgan fingerprint density at radius 2 is 1.80 bits per heavy atom. The molecule has 0 unspecified atom stereocenters. The van der Waals surface area contributed by atoms with Gasteiger partial charge in [-0.3, -0.25) is 4.79 Å². The normalized spacial score (nSPS) is 15.6. The molecule has 0 bridgehead atoms. The van der Waals surface area contributed by atoms with Crippen molar-refractivity contribution < 1.29 is 23.3 Å². The molecule has 1 aliphatic rings. The number of hydrogen-bond acceptors (Lipinski definition) is 6. The van der Waals surface area contributed by atoms with Gasteiger partial charge in [-0.2, -0.15) is 0 Å². The Balaban J connectivity index is 1.30. The minimum absolute atomic E-state index is 0.0898. The molecule has 2 heterocycles. The fraction of sp³-hybridized carbons (Fsp3) is 0.273. The molecule has 157 valence electrons. The Morgan fingerprint density at radius 1 is 1.07 bits per heavy atom. The van der Waals surface area contributed by atoms with Gasteiger partial charge < -0.3 is 23.8 Å². The Kier molecular flexibility index (Phi) is 6.55. The van der Waals surface area contributed by atoms with Crippen LogP contribution in [0, 0.1) is 0 Å². The third-order valence-corrected chi connectivity index (χ3v) is 6.73. The summed E-state index contributed by atoms with van der Waals surface area (Å²) in [5.41, 5.74) is 3.45. The van der Waals surface area contributed by atoms with Crippen LogP contribution in [-0.2, 0) is 26.4 Å². The van der Waals surface area contributed by atoms with Gasteiger partial charge in [-0.25, -0.2) is 0 Å². The van der Waals surface area contributed by atoms with E-state index in [1.165, 1.54) is 0 Å². The van der Waals surface area contributed by atoms with Gasteiger partial charge in [-0.15, -0.1) is 0 Å². The number of carbonyl (C=O) groups excluding carboxylic acids is 1. The SMILES string of the molecule is O=C(CCc1cnoc1-c1ccccc1)Nc1ccc(C[P]2(O)OCCCO2)cc1. The molecule has 30 heavy (non-hydrogen) atoms. The monoisotopic (exact) mass is 427 g/mol. The molecule has 1 aromatic heterocycles. The molecule has 8 heteroatoms. The Morgan fingerprint density at radius 3 is 2.53 bits per heavy atom. The second-order valence-corrected chi connectivity index (χ2v) is 9.21. The molecule has 1 aliphatic heterocycles. The van der Waals surface area contributed by atoms with Crippen molar-refractivity contribution in [3.8, 4) is 11.3 Å². The summed E-state index contributed by atoms with van der Waals surface area (Å²) in [4.78, 5) is 22.8. The lowest BCUT2D eigenvalue weighted by Crippen LogP contribution is -2.14. The number of benzene rings is 2. The Bertz CT molecular complexity index is 969. The van der Waals surface area contributed by atoms with Gasteiger partial charge in [0.05, 0.1) is 25.6 Å². The van der Waals surface area contributed by atoms with Crippen molar-refractivity contribution in [3.05, 3.63) is 71.9 Å². The maximum atomic E-state index is 12.4. The first kappa shape index (κ1) is 20.7. The van der Waals surface area contributed by atoms with Crippen molar-refractivity contribution in [1.82, 2.24) is 5.16 Å². The zero-order valence-electron chi connectivity index (χ0n) is 16.5. The first-order valence-electron chi connectivity index (χ1n) is 9.89. The Labute approximate surface area is 175 Å². The number of aryl methyl sites for hydroxylation is 1. The molecular weight excluding hydrogens is 403 g/mol. The minimum atomic E-state index is -2.80. The number of hydrogen-bond donors (Lipinski definition) is 2. The molecule has 0 atom stereocenters. The molecule has 3 aromatic rings. The van der Waals surface area contributed by atoms with E-state index in [1.54, 1.807) is 6.20 Å². The largest absolute Gasteiger partial charge is 0.356 e. The first-order chi connectivity index (χ1) is 14.6. The smallest absolute Gasteiger partial charge is 0.235 e. The zero-order chi connectivity index (χ0) is 20.8. The minimum Gasteiger partial charge on any atom is -0.356 e. The zero-order valence-corrected chi connectivity index (χ0v) is 17.4. The quantitative estimate of drug-likeness (QED) is 0.535. The predicted molar refractivity (Wildman–Crippen MR) is 115 cm³/mol. The third-order valence-electron chi connectivity index (χ3n) is 4.80. The summed E-state index contributed by atoms with van der Waals surface area (Å²) in [6, 6.07) is 17.1. The maximum Gasteiger partial charge on any atom is 0.235 e. The maximum absolute atomic E-state index is 12.4. The summed E-state index contributed by atoms with van der Waals surface area (Å²) in [5, 5.41) is 6.78. The summed E-state index contributed by atoms with van der Waals surface area (Å²) in [6.45, 7) is 1.05. The summed E-state index contributed by atoms with van der Waals surface area (Å²) < 4.78 is 16.2. The highest BCUT2D eigenvalue weighted by atomic mass is 31.2. The summed E-state index contributed by atoms with van der Waals surface area (Å²) in [7, 11) is -2.80. The van der Waals surface area contributed by atoms with Gasteiger partial charge in [0, 0.05) is 23.2 Å². The van der Waals surface area contributed by atoms with Crippen LogP contribution in [0.4, 0.5) is 5.69 Å². The van der Waals surface area contributed by atoms with E-state index in [1.807, 2.05) is 54.6 Å². The topological polar surface area (TPSA) is 93.8 Å². The highest BCUT2D eigenvalue weighted by Gasteiger charge is 2.30. The number of anilines is 1. The second-order valence-electron chi connectivity index (χ2n) is 7.11. The molecule has 0 spiro atoms. The van der Waals surface area contributed by atoms with E-state index >= 15 is 0 Å². The lowest BCUT2D eigenvalue weighted by Gasteiger charge is -2.32. The molecule has 4 rings (SSSR count). The molecule has 2 aromatic carbocycles. The molecule has 1 radical (unpaired) electrons. The van der Waals surface area contributed by atoms with E-state index in [4.69, 9.17) is 13.6 Å². The van der Waals surface area contributed by atoms with E-state index in [2.05, 4.69) is 10.5 Å². The number of nitrogens with one attached hydrogen (secondary N) is 1. The van der Waals surface area contributed by atoms with E-state index in [9.17, 15) is 9.69 Å². The van der Waals surface area contributed by atoms with Crippen molar-refractivity contribution in [2.24, 2.45) is 0 Å². The first-order valence-corrected chi connectivity index (χ1v) is 11.7. The highest BCUT2D eigenvalue weighted by Crippen LogP contribution is 2.61. The average molecular weight is 427 g/mol. The van der Waals surface area contributed by atoms with Gasteiger partial charge >= 0.3 is 0 Å². The van der Waals surface area contributed by atoms with Crippen LogP contribution in [0.15, 0.2) is 65.3 Å². The average Bonchev–Trinajstić information content (AvgIpc) is 3.23. The van der Waals surface area contributed by atoms with Crippen LogP contribution in [0.1, 0.15) is 24.0 Å². The van der Waals surface area contributed by atoms with Crippen molar-refractivity contribution in [1.29, 1.82) is 0 Å². The van der Waals surface area contributed by atoms with Gasteiger partial charge in [0.1, 0.15) is 0 Å². The molecule has 1 fully saturated rings. The van der Waals surface area contributed by atoms with Crippen LogP contribution < -0.4 is 5.32 Å². The molecule has 2 N–H and O–H groups in total. The van der Waals surface area contributed by atoms with Crippen molar-refractivity contribution in [2.75, 3.05) is 18.5 Å². The molecule has 1 amide bonds. The number of amides is 1. The number of nitrogens with zero attached hydrogens (tertiary/aromatic N) is 1. The number of rotatable bonds is 7. The third kappa shape index (κ3) is 5.32. The molecule has 7 nitrogen and oxygen atoms in total. The van der Waals surface area contributed by atoms with Gasteiger partial charge in [0.15, 0.2) is 5.76 Å².